The van der Waals surface area contributed by atoms with E-state index in [4.69, 9.17) is 32.5 Å². The first-order valence-corrected chi connectivity index (χ1v) is 6.84. The molecule has 0 aliphatic heterocycles. The van der Waals surface area contributed by atoms with E-state index in [0.717, 1.165) is 5.56 Å². The van der Waals surface area contributed by atoms with E-state index >= 15 is 0 Å². The van der Waals surface area contributed by atoms with Crippen molar-refractivity contribution in [3.63, 3.8) is 0 Å². The number of primary amides is 1. The Balaban J connectivity index is 3.21. The second-order valence-corrected chi connectivity index (χ2v) is 5.13. The summed E-state index contributed by atoms with van der Waals surface area (Å²) in [6, 6.07) is 3.32. The molecule has 0 aliphatic carbocycles. The number of carbonyl (C=O) groups is 1. The van der Waals surface area contributed by atoms with Crippen LogP contribution in [0.15, 0.2) is 12.1 Å². The molecule has 0 fully saturated rings. The van der Waals surface area contributed by atoms with E-state index in [0.29, 0.717) is 29.4 Å². The molecule has 1 amide bonds. The molecule has 6 heteroatoms. The number of halogens is 1. The van der Waals surface area contributed by atoms with Crippen molar-refractivity contribution in [3.05, 3.63) is 22.7 Å². The number of hydrogen-bond donors (Lipinski definition) is 2. The fourth-order valence-corrected chi connectivity index (χ4v) is 2.12. The van der Waals surface area contributed by atoms with Crippen molar-refractivity contribution in [2.45, 2.75) is 38.8 Å². The highest BCUT2D eigenvalue weighted by molar-refractivity contribution is 6.30. The Hall–Kier alpha value is -1.46. The van der Waals surface area contributed by atoms with Crippen LogP contribution in [0.1, 0.15) is 25.8 Å². The van der Waals surface area contributed by atoms with Gasteiger partial charge in [-0.15, -0.1) is 0 Å². The van der Waals surface area contributed by atoms with Gasteiger partial charge in [0.2, 0.25) is 0 Å². The predicted octanol–water partition coefficient (Wildman–Crippen LogP) is 1.88. The molecule has 1 aromatic carbocycles. The lowest BCUT2D eigenvalue weighted by Gasteiger charge is -2.20. The van der Waals surface area contributed by atoms with Gasteiger partial charge >= 0.3 is 0 Å². The van der Waals surface area contributed by atoms with Crippen molar-refractivity contribution in [2.24, 2.45) is 11.5 Å². The molecular formula is C14H21ClN2O3. The van der Waals surface area contributed by atoms with Crippen LogP contribution in [-0.4, -0.2) is 25.2 Å². The fourth-order valence-electron chi connectivity index (χ4n) is 1.89. The number of rotatable bonds is 7. The molecule has 2 atom stereocenters. The third-order valence-corrected chi connectivity index (χ3v) is 3.02. The summed E-state index contributed by atoms with van der Waals surface area (Å²) in [5.41, 5.74) is 11.9. The van der Waals surface area contributed by atoms with Crippen LogP contribution >= 0.6 is 11.6 Å². The molecule has 0 heterocycles. The zero-order valence-corrected chi connectivity index (χ0v) is 12.7. The molecule has 1 aromatic rings. The van der Waals surface area contributed by atoms with Crippen molar-refractivity contribution in [3.8, 4) is 11.5 Å². The molecule has 0 saturated carbocycles. The topological polar surface area (TPSA) is 87.6 Å². The monoisotopic (exact) mass is 300 g/mol. The van der Waals surface area contributed by atoms with Crippen LogP contribution in [0.25, 0.3) is 0 Å². The molecule has 0 aliphatic rings. The Morgan fingerprint density at radius 3 is 2.55 bits per heavy atom. The van der Waals surface area contributed by atoms with Crippen molar-refractivity contribution in [1.29, 1.82) is 0 Å². The summed E-state index contributed by atoms with van der Waals surface area (Å²) in [7, 11) is 1.51. The van der Waals surface area contributed by atoms with Crippen LogP contribution in [0.4, 0.5) is 0 Å². The molecule has 4 N–H and O–H groups in total. The smallest absolute Gasteiger partial charge is 0.258 e. The summed E-state index contributed by atoms with van der Waals surface area (Å²) >= 11 is 6.05. The molecule has 0 spiro atoms. The van der Waals surface area contributed by atoms with Crippen LogP contribution in [0.2, 0.25) is 5.02 Å². The second kappa shape index (κ2) is 7.36. The number of methoxy groups -OCH3 is 1. The van der Waals surface area contributed by atoms with E-state index in [-0.39, 0.29) is 6.04 Å². The normalized spacial score (nSPS) is 13.7. The highest BCUT2D eigenvalue weighted by Gasteiger charge is 2.21. The van der Waals surface area contributed by atoms with Gasteiger partial charge in [-0.25, -0.2) is 0 Å². The van der Waals surface area contributed by atoms with Crippen LogP contribution < -0.4 is 20.9 Å². The molecule has 0 bridgehead atoms. The number of amides is 1. The Bertz CT molecular complexity index is 478. The van der Waals surface area contributed by atoms with Crippen LogP contribution in [0.5, 0.6) is 11.5 Å². The first-order chi connectivity index (χ1) is 9.38. The summed E-state index contributed by atoms with van der Waals surface area (Å²) in [4.78, 5) is 11.3. The standard InChI is InChI=1S/C14H21ClN2O3/c1-4-11(14(17)18)20-13-9(5-8(2)16)6-10(15)7-12(13)19-3/h6-8,11H,4-5,16H2,1-3H3,(H2,17,18). The largest absolute Gasteiger partial charge is 0.493 e. The highest BCUT2D eigenvalue weighted by atomic mass is 35.5. The van der Waals surface area contributed by atoms with E-state index in [1.807, 2.05) is 13.8 Å². The SMILES string of the molecule is CCC(Oc1c(CC(C)N)cc(Cl)cc1OC)C(N)=O. The van der Waals surface area contributed by atoms with Crippen LogP contribution in [-0.2, 0) is 11.2 Å². The zero-order valence-electron chi connectivity index (χ0n) is 12.0. The third kappa shape index (κ3) is 4.28. The number of nitrogens with two attached hydrogens (primary N) is 2. The maximum absolute atomic E-state index is 11.3. The first-order valence-electron chi connectivity index (χ1n) is 6.47. The number of benzene rings is 1. The Morgan fingerprint density at radius 1 is 1.45 bits per heavy atom. The Labute approximate surface area is 124 Å². The number of carbonyl (C=O) groups excluding carboxylic acids is 1. The fraction of sp³-hybridized carbons (Fsp3) is 0.500. The van der Waals surface area contributed by atoms with Gasteiger partial charge in [-0.05, 0) is 25.8 Å². The molecule has 5 nitrogen and oxygen atoms in total. The molecule has 112 valence electrons. The summed E-state index contributed by atoms with van der Waals surface area (Å²) in [5, 5.41) is 0.525. The van der Waals surface area contributed by atoms with Gasteiger partial charge in [0, 0.05) is 22.7 Å². The molecule has 0 radical (unpaired) electrons. The molecule has 0 aromatic heterocycles. The van der Waals surface area contributed by atoms with E-state index in [1.165, 1.54) is 7.11 Å². The average Bonchev–Trinajstić information content (AvgIpc) is 2.35. The van der Waals surface area contributed by atoms with E-state index in [2.05, 4.69) is 0 Å². The van der Waals surface area contributed by atoms with Crippen LogP contribution in [0.3, 0.4) is 0 Å². The minimum Gasteiger partial charge on any atom is -0.493 e. The van der Waals surface area contributed by atoms with E-state index < -0.39 is 12.0 Å². The minimum atomic E-state index is -0.711. The first kappa shape index (κ1) is 16.6. The Morgan fingerprint density at radius 2 is 2.10 bits per heavy atom. The molecular weight excluding hydrogens is 280 g/mol. The lowest BCUT2D eigenvalue weighted by atomic mass is 10.1. The third-order valence-electron chi connectivity index (χ3n) is 2.81. The number of hydrogen-bond acceptors (Lipinski definition) is 4. The quantitative estimate of drug-likeness (QED) is 0.805. The van der Waals surface area contributed by atoms with E-state index in [9.17, 15) is 4.79 Å². The minimum absolute atomic E-state index is 0.0748. The molecule has 2 unspecified atom stereocenters. The van der Waals surface area contributed by atoms with Gasteiger partial charge in [0.1, 0.15) is 0 Å². The second-order valence-electron chi connectivity index (χ2n) is 4.69. The maximum Gasteiger partial charge on any atom is 0.258 e. The molecule has 20 heavy (non-hydrogen) atoms. The zero-order chi connectivity index (χ0) is 15.3. The highest BCUT2D eigenvalue weighted by Crippen LogP contribution is 2.36. The molecule has 1 rings (SSSR count). The van der Waals surface area contributed by atoms with Gasteiger partial charge < -0.3 is 20.9 Å². The van der Waals surface area contributed by atoms with Crippen molar-refractivity contribution >= 4 is 17.5 Å². The van der Waals surface area contributed by atoms with Gasteiger partial charge in [-0.2, -0.15) is 0 Å². The summed E-state index contributed by atoms with van der Waals surface area (Å²) < 4.78 is 11.0. The molecule has 0 saturated heterocycles. The van der Waals surface area contributed by atoms with Crippen molar-refractivity contribution in [2.75, 3.05) is 7.11 Å². The van der Waals surface area contributed by atoms with Gasteiger partial charge in [0.25, 0.3) is 5.91 Å². The van der Waals surface area contributed by atoms with E-state index in [1.54, 1.807) is 12.1 Å². The lowest BCUT2D eigenvalue weighted by molar-refractivity contribution is -0.124. The maximum atomic E-state index is 11.3. The summed E-state index contributed by atoms with van der Waals surface area (Å²) in [5.74, 6) is 0.420. The predicted molar refractivity (Wildman–Crippen MR) is 79.3 cm³/mol. The van der Waals surface area contributed by atoms with Gasteiger partial charge in [0.15, 0.2) is 17.6 Å². The van der Waals surface area contributed by atoms with Crippen molar-refractivity contribution in [1.82, 2.24) is 0 Å². The average molecular weight is 301 g/mol. The summed E-state index contributed by atoms with van der Waals surface area (Å²) in [6.07, 6.45) is 0.317. The van der Waals surface area contributed by atoms with Crippen molar-refractivity contribution < 1.29 is 14.3 Å². The van der Waals surface area contributed by atoms with Gasteiger partial charge in [0.05, 0.1) is 7.11 Å². The Kier molecular flexibility index (Phi) is 6.10. The van der Waals surface area contributed by atoms with Crippen LogP contribution in [0, 0.1) is 0 Å². The lowest BCUT2D eigenvalue weighted by Crippen LogP contribution is -2.33. The number of ether oxygens (including phenoxy) is 2. The summed E-state index contributed by atoms with van der Waals surface area (Å²) in [6.45, 7) is 3.70. The van der Waals surface area contributed by atoms with Gasteiger partial charge in [-0.3, -0.25) is 4.79 Å². The van der Waals surface area contributed by atoms with Gasteiger partial charge in [-0.1, -0.05) is 18.5 Å².